The Morgan fingerprint density at radius 3 is 2.67 bits per heavy atom. The van der Waals surface area contributed by atoms with Crippen LogP contribution in [0.25, 0.3) is 0 Å². The predicted molar refractivity (Wildman–Crippen MR) is 98.4 cm³/mol. The Bertz CT molecular complexity index is 743. The van der Waals surface area contributed by atoms with E-state index in [1.807, 2.05) is 48.5 Å². The van der Waals surface area contributed by atoms with Gasteiger partial charge in [0.15, 0.2) is 0 Å². The third kappa shape index (κ3) is 3.97. The molecular weight excluding hydrogens is 320 g/mol. The summed E-state index contributed by atoms with van der Waals surface area (Å²) in [5, 5.41) is 5.33. The van der Waals surface area contributed by atoms with E-state index in [9.17, 15) is 9.59 Å². The molecule has 0 fully saturated rings. The van der Waals surface area contributed by atoms with Crippen LogP contribution >= 0.6 is 11.8 Å². The molecule has 0 saturated carbocycles. The molecule has 24 heavy (non-hydrogen) atoms. The van der Waals surface area contributed by atoms with Crippen molar-refractivity contribution >= 4 is 35.0 Å². The van der Waals surface area contributed by atoms with Crippen LogP contribution in [0.2, 0.25) is 0 Å². The summed E-state index contributed by atoms with van der Waals surface area (Å²) in [5.74, 6) is -0.266. The van der Waals surface area contributed by atoms with E-state index in [4.69, 9.17) is 0 Å². The lowest BCUT2D eigenvalue weighted by atomic mass is 10.1. The van der Waals surface area contributed by atoms with Crippen LogP contribution in [0.1, 0.15) is 25.3 Å². The Hall–Kier alpha value is -2.27. The minimum atomic E-state index is -0.403. The van der Waals surface area contributed by atoms with E-state index in [2.05, 4.69) is 17.6 Å². The van der Waals surface area contributed by atoms with Crippen LogP contribution in [-0.4, -0.2) is 17.1 Å². The van der Waals surface area contributed by atoms with Crippen molar-refractivity contribution in [2.75, 3.05) is 10.6 Å². The van der Waals surface area contributed by atoms with Gasteiger partial charge in [-0.05, 0) is 36.2 Å². The third-order valence-electron chi connectivity index (χ3n) is 3.85. The molecule has 1 aliphatic heterocycles. The van der Waals surface area contributed by atoms with Gasteiger partial charge in [-0.3, -0.25) is 9.59 Å². The second kappa shape index (κ2) is 7.53. The summed E-state index contributed by atoms with van der Waals surface area (Å²) in [7, 11) is 0. The number of hydrogen-bond donors (Lipinski definition) is 2. The maximum atomic E-state index is 12.2. The quantitative estimate of drug-likeness (QED) is 0.862. The number of carbonyl (C=O) groups is 2. The number of amides is 2. The van der Waals surface area contributed by atoms with Crippen molar-refractivity contribution in [1.82, 2.24) is 0 Å². The Morgan fingerprint density at radius 1 is 1.17 bits per heavy atom. The molecule has 124 valence electrons. The highest BCUT2D eigenvalue weighted by Gasteiger charge is 2.28. The summed E-state index contributed by atoms with van der Waals surface area (Å²) in [6.07, 6.45) is 2.29. The maximum Gasteiger partial charge on any atom is 0.238 e. The van der Waals surface area contributed by atoms with Crippen LogP contribution in [0.3, 0.4) is 0 Å². The van der Waals surface area contributed by atoms with Gasteiger partial charge in [0.1, 0.15) is 0 Å². The minimum absolute atomic E-state index is 0.118. The van der Waals surface area contributed by atoms with E-state index in [0.29, 0.717) is 0 Å². The number of rotatable bonds is 5. The highest BCUT2D eigenvalue weighted by atomic mass is 32.2. The zero-order valence-corrected chi connectivity index (χ0v) is 14.4. The molecule has 1 heterocycles. The normalized spacial score (nSPS) is 16.2. The average molecular weight is 340 g/mol. The number of carbonyl (C=O) groups excluding carboxylic acids is 2. The molecule has 2 amide bonds. The Kier molecular flexibility index (Phi) is 5.20. The smallest absolute Gasteiger partial charge is 0.238 e. The standard InChI is InChI=1S/C19H20N2O2S/c1-2-5-13-8-10-14(11-9-13)20-18(22)12-17-19(23)21-15-6-3-4-7-16(15)24-17/h3-4,6-11,17H,2,5,12H2,1H3,(H,20,22)(H,21,23)/t17-/m0/s1. The van der Waals surface area contributed by atoms with Crippen LogP contribution in [0, 0.1) is 0 Å². The molecule has 4 nitrogen and oxygen atoms in total. The fourth-order valence-corrected chi connectivity index (χ4v) is 3.76. The van der Waals surface area contributed by atoms with Crippen LogP contribution in [0.4, 0.5) is 11.4 Å². The number of nitrogens with one attached hydrogen (secondary N) is 2. The minimum Gasteiger partial charge on any atom is -0.326 e. The van der Waals surface area contributed by atoms with Crippen LogP contribution < -0.4 is 10.6 Å². The van der Waals surface area contributed by atoms with Gasteiger partial charge in [-0.1, -0.05) is 37.6 Å². The predicted octanol–water partition coefficient (Wildman–Crippen LogP) is 4.08. The molecule has 1 atom stereocenters. The van der Waals surface area contributed by atoms with Crippen LogP contribution in [0.15, 0.2) is 53.4 Å². The molecule has 5 heteroatoms. The number of aryl methyl sites for hydroxylation is 1. The molecule has 0 aromatic heterocycles. The number of para-hydroxylation sites is 1. The largest absolute Gasteiger partial charge is 0.326 e. The number of benzene rings is 2. The summed E-state index contributed by atoms with van der Waals surface area (Å²) >= 11 is 1.44. The molecule has 0 radical (unpaired) electrons. The first kappa shape index (κ1) is 16.6. The molecular formula is C19H20N2O2S. The van der Waals surface area contributed by atoms with Gasteiger partial charge in [-0.15, -0.1) is 11.8 Å². The molecule has 0 spiro atoms. The highest BCUT2D eigenvalue weighted by molar-refractivity contribution is 8.01. The first-order valence-corrected chi connectivity index (χ1v) is 8.99. The second-order valence-corrected chi connectivity index (χ2v) is 7.04. The molecule has 0 aliphatic carbocycles. The lowest BCUT2D eigenvalue weighted by Gasteiger charge is -2.23. The molecule has 1 aliphatic rings. The molecule has 0 saturated heterocycles. The fraction of sp³-hybridized carbons (Fsp3) is 0.263. The summed E-state index contributed by atoms with van der Waals surface area (Å²) < 4.78 is 0. The molecule has 2 N–H and O–H groups in total. The summed E-state index contributed by atoms with van der Waals surface area (Å²) in [4.78, 5) is 25.4. The lowest BCUT2D eigenvalue weighted by Crippen LogP contribution is -2.32. The van der Waals surface area contributed by atoms with Gasteiger partial charge in [0, 0.05) is 17.0 Å². The Balaban J connectivity index is 1.60. The van der Waals surface area contributed by atoms with Gasteiger partial charge in [0.05, 0.1) is 10.9 Å². The van der Waals surface area contributed by atoms with Gasteiger partial charge in [-0.2, -0.15) is 0 Å². The fourth-order valence-electron chi connectivity index (χ4n) is 2.65. The maximum absolute atomic E-state index is 12.2. The van der Waals surface area contributed by atoms with E-state index in [-0.39, 0.29) is 18.2 Å². The van der Waals surface area contributed by atoms with Crippen molar-refractivity contribution in [3.63, 3.8) is 0 Å². The molecule has 3 rings (SSSR count). The summed E-state index contributed by atoms with van der Waals surface area (Å²) in [6, 6.07) is 15.5. The van der Waals surface area contributed by atoms with E-state index in [1.165, 1.54) is 17.3 Å². The zero-order valence-electron chi connectivity index (χ0n) is 13.5. The summed E-state index contributed by atoms with van der Waals surface area (Å²) in [5.41, 5.74) is 2.84. The summed E-state index contributed by atoms with van der Waals surface area (Å²) in [6.45, 7) is 2.14. The molecule has 0 bridgehead atoms. The van der Waals surface area contributed by atoms with Gasteiger partial charge >= 0.3 is 0 Å². The monoisotopic (exact) mass is 340 g/mol. The Morgan fingerprint density at radius 2 is 1.92 bits per heavy atom. The highest BCUT2D eigenvalue weighted by Crippen LogP contribution is 2.36. The van der Waals surface area contributed by atoms with Gasteiger partial charge < -0.3 is 10.6 Å². The van der Waals surface area contributed by atoms with Crippen molar-refractivity contribution in [3.8, 4) is 0 Å². The van der Waals surface area contributed by atoms with Gasteiger partial charge in [0.25, 0.3) is 0 Å². The molecule has 2 aromatic rings. The SMILES string of the molecule is CCCc1ccc(NC(=O)C[C@@H]2Sc3ccccc3NC2=O)cc1. The first-order valence-electron chi connectivity index (χ1n) is 8.11. The van der Waals surface area contributed by atoms with Crippen LogP contribution in [-0.2, 0) is 16.0 Å². The third-order valence-corrected chi connectivity index (χ3v) is 5.13. The van der Waals surface area contributed by atoms with Crippen molar-refractivity contribution in [2.45, 2.75) is 36.3 Å². The topological polar surface area (TPSA) is 58.2 Å². The van der Waals surface area contributed by atoms with Crippen molar-refractivity contribution < 1.29 is 9.59 Å². The second-order valence-electron chi connectivity index (χ2n) is 5.79. The number of hydrogen-bond acceptors (Lipinski definition) is 3. The zero-order chi connectivity index (χ0) is 16.9. The molecule has 2 aromatic carbocycles. The number of fused-ring (bicyclic) bond motifs is 1. The van der Waals surface area contributed by atoms with E-state index in [0.717, 1.165) is 29.1 Å². The Labute approximate surface area is 146 Å². The average Bonchev–Trinajstić information content (AvgIpc) is 2.57. The van der Waals surface area contributed by atoms with E-state index < -0.39 is 5.25 Å². The number of thioether (sulfide) groups is 1. The first-order chi connectivity index (χ1) is 11.7. The van der Waals surface area contributed by atoms with Crippen molar-refractivity contribution in [1.29, 1.82) is 0 Å². The van der Waals surface area contributed by atoms with Crippen LogP contribution in [0.5, 0.6) is 0 Å². The van der Waals surface area contributed by atoms with Gasteiger partial charge in [0.2, 0.25) is 11.8 Å². The van der Waals surface area contributed by atoms with Crippen molar-refractivity contribution in [3.05, 3.63) is 54.1 Å². The van der Waals surface area contributed by atoms with Crippen molar-refractivity contribution in [2.24, 2.45) is 0 Å². The van der Waals surface area contributed by atoms with E-state index in [1.54, 1.807) is 0 Å². The lowest BCUT2D eigenvalue weighted by molar-refractivity contribution is -0.120. The molecule has 0 unspecified atom stereocenters. The van der Waals surface area contributed by atoms with E-state index >= 15 is 0 Å². The number of anilines is 2. The van der Waals surface area contributed by atoms with Gasteiger partial charge in [-0.25, -0.2) is 0 Å².